The summed E-state index contributed by atoms with van der Waals surface area (Å²) < 4.78 is 10.6. The molecule has 29 heavy (non-hydrogen) atoms. The van der Waals surface area contributed by atoms with Crippen LogP contribution in [0.15, 0.2) is 72.9 Å². The van der Waals surface area contributed by atoms with E-state index in [1.807, 2.05) is 59.5 Å². The van der Waals surface area contributed by atoms with Crippen molar-refractivity contribution >= 4 is 5.91 Å². The minimum absolute atomic E-state index is 0.0544. The molecule has 1 amide bonds. The summed E-state index contributed by atoms with van der Waals surface area (Å²) in [5, 5.41) is 0. The summed E-state index contributed by atoms with van der Waals surface area (Å²) in [5.74, 6) is 1.33. The average Bonchev–Trinajstić information content (AvgIpc) is 2.77. The zero-order chi connectivity index (χ0) is 20.5. The largest absolute Gasteiger partial charge is 0.493 e. The van der Waals surface area contributed by atoms with Crippen LogP contribution in [0.4, 0.5) is 0 Å². The van der Waals surface area contributed by atoms with Gasteiger partial charge in [0.15, 0.2) is 11.5 Å². The van der Waals surface area contributed by atoms with Crippen LogP contribution in [0.1, 0.15) is 16.8 Å². The first-order valence-electron chi connectivity index (χ1n) is 9.62. The first-order valence-corrected chi connectivity index (χ1v) is 9.62. The zero-order valence-corrected chi connectivity index (χ0v) is 16.9. The Morgan fingerprint density at radius 3 is 2.34 bits per heavy atom. The number of rotatable bonds is 9. The molecule has 0 radical (unpaired) electrons. The summed E-state index contributed by atoms with van der Waals surface area (Å²) in [6, 6.07) is 21.5. The molecule has 3 rings (SSSR count). The molecule has 0 saturated carbocycles. The number of benzene rings is 2. The number of carbonyl (C=O) groups excluding carboxylic acids is 1. The second-order valence-electron chi connectivity index (χ2n) is 6.74. The third-order valence-corrected chi connectivity index (χ3v) is 4.75. The van der Waals surface area contributed by atoms with E-state index in [1.54, 1.807) is 20.4 Å². The van der Waals surface area contributed by atoms with Crippen molar-refractivity contribution in [1.82, 2.24) is 9.88 Å². The summed E-state index contributed by atoms with van der Waals surface area (Å²) in [5.41, 5.74) is 2.97. The van der Waals surface area contributed by atoms with Gasteiger partial charge in [0.25, 0.3) is 0 Å². The number of ether oxygens (including phenoxy) is 2. The van der Waals surface area contributed by atoms with E-state index in [0.29, 0.717) is 31.0 Å². The van der Waals surface area contributed by atoms with Crippen LogP contribution in [-0.4, -0.2) is 36.6 Å². The Balaban J connectivity index is 1.74. The Bertz CT molecular complexity index is 914. The molecule has 0 saturated heterocycles. The van der Waals surface area contributed by atoms with Gasteiger partial charge in [0.1, 0.15) is 0 Å². The maximum Gasteiger partial charge on any atom is 0.227 e. The van der Waals surface area contributed by atoms with Crippen molar-refractivity contribution in [3.05, 3.63) is 89.7 Å². The molecule has 5 nitrogen and oxygen atoms in total. The summed E-state index contributed by atoms with van der Waals surface area (Å²) in [4.78, 5) is 19.4. The Kier molecular flexibility index (Phi) is 7.22. The van der Waals surface area contributed by atoms with Crippen LogP contribution in [0.3, 0.4) is 0 Å². The third kappa shape index (κ3) is 5.82. The Labute approximate surface area is 171 Å². The highest BCUT2D eigenvalue weighted by Gasteiger charge is 2.16. The van der Waals surface area contributed by atoms with Crippen LogP contribution in [0.25, 0.3) is 0 Å². The van der Waals surface area contributed by atoms with Crippen molar-refractivity contribution in [3.8, 4) is 11.5 Å². The fourth-order valence-electron chi connectivity index (χ4n) is 3.16. The number of hydrogen-bond acceptors (Lipinski definition) is 4. The second kappa shape index (κ2) is 10.3. The maximum absolute atomic E-state index is 13.1. The molecule has 3 aromatic rings. The molecule has 0 aliphatic rings. The lowest BCUT2D eigenvalue weighted by Crippen LogP contribution is -2.34. The number of hydrogen-bond donors (Lipinski definition) is 0. The SMILES string of the molecule is COc1ccc(CC(=O)N(CCc2ccccc2)Cc2ccccn2)cc1OC. The van der Waals surface area contributed by atoms with E-state index in [0.717, 1.165) is 17.7 Å². The van der Waals surface area contributed by atoms with E-state index >= 15 is 0 Å². The Morgan fingerprint density at radius 1 is 0.897 bits per heavy atom. The normalized spacial score (nSPS) is 10.4. The van der Waals surface area contributed by atoms with Crippen LogP contribution in [0.5, 0.6) is 11.5 Å². The number of pyridine rings is 1. The van der Waals surface area contributed by atoms with Gasteiger partial charge in [-0.2, -0.15) is 0 Å². The van der Waals surface area contributed by atoms with Gasteiger partial charge in [-0.15, -0.1) is 0 Å². The van der Waals surface area contributed by atoms with E-state index in [1.165, 1.54) is 5.56 Å². The van der Waals surface area contributed by atoms with Gasteiger partial charge < -0.3 is 14.4 Å². The minimum Gasteiger partial charge on any atom is -0.493 e. The first-order chi connectivity index (χ1) is 14.2. The molecule has 1 heterocycles. The molecule has 0 unspecified atom stereocenters. The highest BCUT2D eigenvalue weighted by Crippen LogP contribution is 2.28. The molecule has 1 aromatic heterocycles. The third-order valence-electron chi connectivity index (χ3n) is 4.75. The predicted octanol–water partition coefficient (Wildman–Crippen LogP) is 3.91. The molecule has 0 bridgehead atoms. The van der Waals surface area contributed by atoms with Gasteiger partial charge in [-0.1, -0.05) is 42.5 Å². The topological polar surface area (TPSA) is 51.7 Å². The van der Waals surface area contributed by atoms with Crippen molar-refractivity contribution in [2.24, 2.45) is 0 Å². The molecule has 0 aliphatic heterocycles. The van der Waals surface area contributed by atoms with Crippen molar-refractivity contribution < 1.29 is 14.3 Å². The van der Waals surface area contributed by atoms with Gasteiger partial charge in [-0.25, -0.2) is 0 Å². The number of amides is 1. The number of nitrogens with zero attached hydrogens (tertiary/aromatic N) is 2. The fraction of sp³-hybridized carbons (Fsp3) is 0.250. The lowest BCUT2D eigenvalue weighted by molar-refractivity contribution is -0.131. The van der Waals surface area contributed by atoms with Gasteiger partial charge in [0.2, 0.25) is 5.91 Å². The van der Waals surface area contributed by atoms with Gasteiger partial charge >= 0.3 is 0 Å². The van der Waals surface area contributed by atoms with Crippen LogP contribution in [0, 0.1) is 0 Å². The van der Waals surface area contributed by atoms with Crippen LogP contribution in [0.2, 0.25) is 0 Å². The van der Waals surface area contributed by atoms with Crippen molar-refractivity contribution in [3.63, 3.8) is 0 Å². The quantitative estimate of drug-likeness (QED) is 0.556. The molecule has 5 heteroatoms. The standard InChI is InChI=1S/C24H26N2O3/c1-28-22-12-11-20(16-23(22)29-2)17-24(27)26(18-21-10-6-7-14-25-21)15-13-19-8-4-3-5-9-19/h3-12,14,16H,13,15,17-18H2,1-2H3. The summed E-state index contributed by atoms with van der Waals surface area (Å²) in [6.45, 7) is 1.12. The van der Waals surface area contributed by atoms with Gasteiger partial charge in [0.05, 0.1) is 32.9 Å². The van der Waals surface area contributed by atoms with Crippen LogP contribution >= 0.6 is 0 Å². The lowest BCUT2D eigenvalue weighted by Gasteiger charge is -2.23. The Hall–Kier alpha value is -3.34. The molecule has 0 fully saturated rings. The molecule has 2 aromatic carbocycles. The molecule has 0 N–H and O–H groups in total. The van der Waals surface area contributed by atoms with E-state index in [4.69, 9.17) is 9.47 Å². The molecule has 0 aliphatic carbocycles. The Morgan fingerprint density at radius 2 is 1.66 bits per heavy atom. The maximum atomic E-state index is 13.1. The molecular weight excluding hydrogens is 364 g/mol. The number of aromatic nitrogens is 1. The first kappa shape index (κ1) is 20.4. The van der Waals surface area contributed by atoms with Gasteiger partial charge in [0, 0.05) is 12.7 Å². The summed E-state index contributed by atoms with van der Waals surface area (Å²) in [7, 11) is 3.19. The minimum atomic E-state index is 0.0544. The molecule has 0 spiro atoms. The lowest BCUT2D eigenvalue weighted by atomic mass is 10.1. The number of methoxy groups -OCH3 is 2. The monoisotopic (exact) mass is 390 g/mol. The van der Waals surface area contributed by atoms with Crippen LogP contribution in [-0.2, 0) is 24.2 Å². The average molecular weight is 390 g/mol. The smallest absolute Gasteiger partial charge is 0.227 e. The van der Waals surface area contributed by atoms with Crippen molar-refractivity contribution in [1.29, 1.82) is 0 Å². The van der Waals surface area contributed by atoms with Crippen molar-refractivity contribution in [2.45, 2.75) is 19.4 Å². The number of carbonyl (C=O) groups is 1. The molecule has 0 atom stereocenters. The van der Waals surface area contributed by atoms with E-state index in [-0.39, 0.29) is 5.91 Å². The molecule has 150 valence electrons. The van der Waals surface area contributed by atoms with Crippen LogP contribution < -0.4 is 9.47 Å². The zero-order valence-electron chi connectivity index (χ0n) is 16.9. The predicted molar refractivity (Wildman–Crippen MR) is 113 cm³/mol. The highest BCUT2D eigenvalue weighted by atomic mass is 16.5. The van der Waals surface area contributed by atoms with E-state index in [2.05, 4.69) is 17.1 Å². The van der Waals surface area contributed by atoms with E-state index < -0.39 is 0 Å². The van der Waals surface area contributed by atoms with Gasteiger partial charge in [-0.3, -0.25) is 9.78 Å². The van der Waals surface area contributed by atoms with E-state index in [9.17, 15) is 4.79 Å². The molecular formula is C24H26N2O3. The van der Waals surface area contributed by atoms with Crippen molar-refractivity contribution in [2.75, 3.05) is 20.8 Å². The second-order valence-corrected chi connectivity index (χ2v) is 6.74. The summed E-state index contributed by atoms with van der Waals surface area (Å²) in [6.07, 6.45) is 2.84. The fourth-order valence-corrected chi connectivity index (χ4v) is 3.16. The highest BCUT2D eigenvalue weighted by molar-refractivity contribution is 5.79. The summed E-state index contributed by atoms with van der Waals surface area (Å²) >= 11 is 0. The van der Waals surface area contributed by atoms with Gasteiger partial charge in [-0.05, 0) is 41.8 Å².